The first-order valence-corrected chi connectivity index (χ1v) is 11.1. The molecule has 1 aliphatic heterocycles. The van der Waals surface area contributed by atoms with Crippen molar-refractivity contribution in [1.29, 1.82) is 0 Å². The Labute approximate surface area is 204 Å². The van der Waals surface area contributed by atoms with Gasteiger partial charge in [0, 0.05) is 31.6 Å². The number of rotatable bonds is 4. The van der Waals surface area contributed by atoms with Crippen LogP contribution in [0.25, 0.3) is 11.3 Å². The molecule has 0 amide bonds. The number of halogens is 4. The molecule has 0 bridgehead atoms. The van der Waals surface area contributed by atoms with Gasteiger partial charge in [0.25, 0.3) is 0 Å². The van der Waals surface area contributed by atoms with Crippen molar-refractivity contribution < 1.29 is 9.47 Å². The minimum Gasteiger partial charge on any atom is -0.493 e. The number of ether oxygens (including phenoxy) is 2. The van der Waals surface area contributed by atoms with E-state index in [0.717, 1.165) is 42.3 Å². The number of aromatic nitrogens is 2. The molecule has 6 nitrogen and oxygen atoms in total. The second-order valence-electron chi connectivity index (χ2n) is 6.44. The number of hydrogen-bond acceptors (Lipinski definition) is 5. The molecule has 2 heterocycles. The second kappa shape index (κ2) is 9.30. The van der Waals surface area contributed by atoms with Crippen LogP contribution in [0.5, 0.6) is 11.5 Å². The van der Waals surface area contributed by atoms with E-state index in [1.165, 1.54) is 0 Å². The van der Waals surface area contributed by atoms with Crippen molar-refractivity contribution in [1.82, 2.24) is 9.55 Å². The third kappa shape index (κ3) is 4.26. The lowest BCUT2D eigenvalue weighted by Crippen LogP contribution is -2.28. The highest BCUT2D eigenvalue weighted by molar-refractivity contribution is 9.11. The second-order valence-corrected chi connectivity index (χ2v) is 9.07. The number of benzene rings is 2. The molecule has 30 heavy (non-hydrogen) atoms. The Balaban J connectivity index is 0.00000256. The van der Waals surface area contributed by atoms with Gasteiger partial charge in [-0.3, -0.25) is 4.57 Å². The van der Waals surface area contributed by atoms with Crippen LogP contribution in [-0.2, 0) is 13.0 Å². The quantitative estimate of drug-likeness (QED) is 0.391. The molecule has 0 saturated carbocycles. The fourth-order valence-electron chi connectivity index (χ4n) is 3.40. The van der Waals surface area contributed by atoms with Gasteiger partial charge in [-0.25, -0.2) is 4.79 Å². The van der Waals surface area contributed by atoms with E-state index in [1.807, 2.05) is 30.3 Å². The molecule has 0 spiro atoms. The lowest BCUT2D eigenvalue weighted by molar-refractivity contribution is 0.354. The number of methoxy groups -OCH3 is 2. The van der Waals surface area contributed by atoms with Crippen LogP contribution in [0.15, 0.2) is 48.5 Å². The highest BCUT2D eigenvalue weighted by atomic mass is 79.9. The number of nitrogens with one attached hydrogen (secondary N) is 1. The summed E-state index contributed by atoms with van der Waals surface area (Å²) in [5.74, 6) is 1.77. The van der Waals surface area contributed by atoms with Crippen LogP contribution in [0.3, 0.4) is 0 Å². The zero-order chi connectivity index (χ0) is 20.7. The Morgan fingerprint density at radius 2 is 1.63 bits per heavy atom. The van der Waals surface area contributed by atoms with Crippen molar-refractivity contribution in [2.24, 2.45) is 0 Å². The summed E-state index contributed by atoms with van der Waals surface area (Å²) in [6.45, 7) is 0.565. The molecule has 1 aromatic heterocycles. The van der Waals surface area contributed by atoms with Crippen molar-refractivity contribution in [3.63, 3.8) is 0 Å². The van der Waals surface area contributed by atoms with Crippen LogP contribution in [-0.4, -0.2) is 23.8 Å². The number of anilines is 2. The number of aryl methyl sites for hydroxylation is 1. The fourth-order valence-corrected chi connectivity index (χ4v) is 5.85. The normalized spacial score (nSPS) is 11.8. The van der Waals surface area contributed by atoms with E-state index in [-0.39, 0.29) is 18.1 Å². The Morgan fingerprint density at radius 1 is 1.00 bits per heavy atom. The van der Waals surface area contributed by atoms with Crippen LogP contribution < -0.4 is 20.5 Å². The summed E-state index contributed by atoms with van der Waals surface area (Å²) in [7, 11) is 3.22. The van der Waals surface area contributed by atoms with Crippen LogP contribution in [0.4, 0.5) is 11.5 Å². The van der Waals surface area contributed by atoms with Gasteiger partial charge in [0.2, 0.25) is 0 Å². The van der Waals surface area contributed by atoms with Crippen molar-refractivity contribution in [2.75, 3.05) is 19.5 Å². The molecular weight excluding hydrogens is 605 g/mol. The summed E-state index contributed by atoms with van der Waals surface area (Å²) in [4.78, 5) is 16.9. The van der Waals surface area contributed by atoms with E-state index < -0.39 is 0 Å². The first-order valence-electron chi connectivity index (χ1n) is 8.70. The van der Waals surface area contributed by atoms with E-state index in [2.05, 4.69) is 58.1 Å². The van der Waals surface area contributed by atoms with Gasteiger partial charge < -0.3 is 14.8 Å². The van der Waals surface area contributed by atoms with E-state index in [4.69, 9.17) is 9.47 Å². The van der Waals surface area contributed by atoms with Crippen LogP contribution >= 0.6 is 60.2 Å². The zero-order valence-corrected chi connectivity index (χ0v) is 21.5. The fraction of sp³-hybridized carbons (Fsp3) is 0.200. The van der Waals surface area contributed by atoms with Gasteiger partial charge in [-0.2, -0.15) is 4.98 Å². The van der Waals surface area contributed by atoms with Crippen molar-refractivity contribution in [3.8, 4) is 22.8 Å². The Kier molecular flexibility index (Phi) is 7.16. The zero-order valence-electron chi connectivity index (χ0n) is 16.0. The monoisotopic (exact) mass is 619 g/mol. The molecule has 2 aromatic carbocycles. The van der Waals surface area contributed by atoms with E-state index in [0.29, 0.717) is 23.9 Å². The molecule has 1 aliphatic rings. The highest BCUT2D eigenvalue weighted by Crippen LogP contribution is 2.39. The molecule has 10 heteroatoms. The third-order valence-electron chi connectivity index (χ3n) is 4.76. The van der Waals surface area contributed by atoms with Gasteiger partial charge in [0.1, 0.15) is 5.82 Å². The van der Waals surface area contributed by atoms with E-state index in [9.17, 15) is 4.79 Å². The molecule has 0 radical (unpaired) electrons. The summed E-state index contributed by atoms with van der Waals surface area (Å²) < 4.78 is 15.2. The summed E-state index contributed by atoms with van der Waals surface area (Å²) in [6, 6.07) is 9.60. The Morgan fingerprint density at radius 3 is 2.27 bits per heavy atom. The molecule has 3 aromatic rings. The van der Waals surface area contributed by atoms with E-state index >= 15 is 0 Å². The largest absolute Gasteiger partial charge is 0.493 e. The molecule has 0 atom stereocenters. The molecule has 0 aliphatic carbocycles. The van der Waals surface area contributed by atoms with Gasteiger partial charge in [-0.1, -0.05) is 15.9 Å². The SMILES string of the molecule is COc1cc2c(cc1OC)-c1cc(Nc3c(Br)cc(Br)cc3Br)nc(=O)n1CC2.Cl. The van der Waals surface area contributed by atoms with Crippen LogP contribution in [0.2, 0.25) is 0 Å². The van der Waals surface area contributed by atoms with Gasteiger partial charge in [0.15, 0.2) is 11.5 Å². The average molecular weight is 623 g/mol. The first-order chi connectivity index (χ1) is 13.9. The average Bonchev–Trinajstić information content (AvgIpc) is 2.69. The summed E-state index contributed by atoms with van der Waals surface area (Å²) in [5.41, 5.74) is 3.32. The molecule has 4 rings (SSSR count). The summed E-state index contributed by atoms with van der Waals surface area (Å²) in [6.07, 6.45) is 0.723. The molecule has 0 fully saturated rings. The van der Waals surface area contributed by atoms with E-state index in [1.54, 1.807) is 18.8 Å². The highest BCUT2D eigenvalue weighted by Gasteiger charge is 2.22. The molecule has 1 N–H and O–H groups in total. The van der Waals surface area contributed by atoms with Gasteiger partial charge >= 0.3 is 5.69 Å². The minimum atomic E-state index is -0.296. The van der Waals surface area contributed by atoms with Gasteiger partial charge in [0.05, 0.1) is 25.6 Å². The predicted octanol–water partition coefficient (Wildman–Crippen LogP) is 5.94. The lowest BCUT2D eigenvalue weighted by atomic mass is 9.97. The topological polar surface area (TPSA) is 65.4 Å². The lowest BCUT2D eigenvalue weighted by Gasteiger charge is -2.23. The molecule has 0 unspecified atom stereocenters. The molecule has 158 valence electrons. The number of nitrogens with zero attached hydrogens (tertiary/aromatic N) is 2. The Bertz CT molecular complexity index is 1160. The maximum absolute atomic E-state index is 12.7. The number of fused-ring (bicyclic) bond motifs is 3. The first kappa shape index (κ1) is 23.1. The predicted molar refractivity (Wildman–Crippen MR) is 131 cm³/mol. The molecule has 0 saturated heterocycles. The third-order valence-corrected chi connectivity index (χ3v) is 6.47. The van der Waals surface area contributed by atoms with Gasteiger partial charge in [-0.15, -0.1) is 12.4 Å². The molecular formula is C20H17Br3ClN3O3. The smallest absolute Gasteiger partial charge is 0.350 e. The standard InChI is InChI=1S/C20H16Br3N3O3.ClH/c1-28-16-5-10-3-4-26-15(12(10)8-17(16)29-2)9-18(25-20(26)27)24-19-13(22)6-11(21)7-14(19)23;/h5-9H,3-4H2,1-2H3,(H,24,25,27);1H. The summed E-state index contributed by atoms with van der Waals surface area (Å²) in [5, 5.41) is 3.25. The number of hydrogen-bond donors (Lipinski definition) is 1. The minimum absolute atomic E-state index is 0. The van der Waals surface area contributed by atoms with Crippen LogP contribution in [0, 0.1) is 0 Å². The van der Waals surface area contributed by atoms with Gasteiger partial charge in [-0.05, 0) is 68.1 Å². The van der Waals surface area contributed by atoms with Crippen molar-refractivity contribution in [2.45, 2.75) is 13.0 Å². The van der Waals surface area contributed by atoms with Crippen molar-refractivity contribution >= 4 is 71.7 Å². The van der Waals surface area contributed by atoms with Crippen LogP contribution in [0.1, 0.15) is 5.56 Å². The van der Waals surface area contributed by atoms with Crippen molar-refractivity contribution in [3.05, 3.63) is 59.8 Å². The summed E-state index contributed by atoms with van der Waals surface area (Å²) >= 11 is 10.5. The maximum Gasteiger partial charge on any atom is 0.350 e. The maximum atomic E-state index is 12.7. The Hall–Kier alpha value is -1.55.